The summed E-state index contributed by atoms with van der Waals surface area (Å²) >= 11 is 0. The van der Waals surface area contributed by atoms with Crippen LogP contribution in [-0.4, -0.2) is 134 Å². The molecule has 71 heavy (non-hydrogen) atoms. The third kappa shape index (κ3) is 20.1. The predicted molar refractivity (Wildman–Crippen MR) is 250 cm³/mol. The standard InChI is InChI=1S/C46H60N10O15/c1-24(57)29(13-18-38(60)61)51-46(71)35(22-26-23-50-30-10-6-5-9-27(26)30)56-44(69)33(15-20-40(64)65)54-45(70)34(21-25-7-3-2-4-8-25)55-43(68)32(14-19-39(62)63)53-42(67)31(12-17-37(49)59)52-41(66)28(47)11-16-36(48)58/h2-10,23,28-29,31-35,50H,11-22,47H2,1H3,(H2,48,58)(H2,49,59)(H,51,71)(H,52,66)(H,53,67)(H,54,70)(H,55,68)(H,56,69)(H,60,61)(H,62,63)(H,64,65)/t28-,29-,31-,32-,33-,34-,35-/m0/s1. The number of rotatable bonds is 32. The van der Waals surface area contributed by atoms with Gasteiger partial charge in [-0.1, -0.05) is 48.5 Å². The number of Topliss-reactive ketones (excluding diaryl/α,β-unsaturated/α-hetero) is 1. The molecule has 3 aromatic rings. The predicted octanol–water partition coefficient (Wildman–Crippen LogP) is -2.10. The molecule has 384 valence electrons. The van der Waals surface area contributed by atoms with Gasteiger partial charge in [0.05, 0.1) is 12.1 Å². The molecule has 0 spiro atoms. The van der Waals surface area contributed by atoms with Gasteiger partial charge in [0.1, 0.15) is 30.2 Å². The van der Waals surface area contributed by atoms with Gasteiger partial charge in [-0.25, -0.2) is 0 Å². The molecule has 0 aliphatic rings. The lowest BCUT2D eigenvalue weighted by molar-refractivity contribution is -0.139. The lowest BCUT2D eigenvalue weighted by atomic mass is 10.0. The van der Waals surface area contributed by atoms with Gasteiger partial charge in [-0.3, -0.25) is 57.5 Å². The molecule has 1 aromatic heterocycles. The quantitative estimate of drug-likeness (QED) is 0.0319. The maximum absolute atomic E-state index is 14.3. The fourth-order valence-electron chi connectivity index (χ4n) is 7.13. The first-order chi connectivity index (χ1) is 33.5. The summed E-state index contributed by atoms with van der Waals surface area (Å²) in [5.74, 6) is -12.4. The SMILES string of the molecule is CC(=O)[C@H](CCC(=O)O)NC(=O)[C@H](Cc1c[nH]c2ccccc12)NC(=O)[C@H](CCC(=O)O)NC(=O)[C@H](Cc1ccccc1)NC(=O)[C@H](CCC(=O)O)NC(=O)[C@H](CCC(N)=O)NC(=O)[C@@H](N)CCC(N)=O. The van der Waals surface area contributed by atoms with Crippen LogP contribution in [0.3, 0.4) is 0 Å². The van der Waals surface area contributed by atoms with E-state index in [9.17, 15) is 72.9 Å². The molecule has 0 aliphatic carbocycles. The van der Waals surface area contributed by atoms with Crippen LogP contribution in [0.4, 0.5) is 0 Å². The number of fused-ring (bicyclic) bond motifs is 1. The van der Waals surface area contributed by atoms with Crippen LogP contribution in [0.5, 0.6) is 0 Å². The molecule has 1 heterocycles. The van der Waals surface area contributed by atoms with Crippen LogP contribution < -0.4 is 49.1 Å². The number of primary amides is 2. The van der Waals surface area contributed by atoms with Crippen molar-refractivity contribution in [2.75, 3.05) is 0 Å². The van der Waals surface area contributed by atoms with E-state index in [4.69, 9.17) is 17.2 Å². The van der Waals surface area contributed by atoms with Crippen LogP contribution in [0.1, 0.15) is 82.3 Å². The largest absolute Gasteiger partial charge is 0.481 e. The molecule has 16 N–H and O–H groups in total. The van der Waals surface area contributed by atoms with Gasteiger partial charge in [-0.15, -0.1) is 0 Å². The Morgan fingerprint density at radius 2 is 0.859 bits per heavy atom. The van der Waals surface area contributed by atoms with Crippen LogP contribution in [0, 0.1) is 0 Å². The van der Waals surface area contributed by atoms with Crippen LogP contribution in [0.25, 0.3) is 10.9 Å². The third-order valence-electron chi connectivity index (χ3n) is 11.0. The van der Waals surface area contributed by atoms with Crippen molar-refractivity contribution in [3.05, 3.63) is 71.9 Å². The number of para-hydroxylation sites is 1. The number of carbonyl (C=O) groups is 12. The van der Waals surface area contributed by atoms with E-state index in [1.807, 2.05) is 0 Å². The zero-order chi connectivity index (χ0) is 52.8. The number of aliphatic carboxylic acids is 3. The van der Waals surface area contributed by atoms with Crippen molar-refractivity contribution in [3.63, 3.8) is 0 Å². The molecular weight excluding hydrogens is 933 g/mol. The Morgan fingerprint density at radius 3 is 1.34 bits per heavy atom. The van der Waals surface area contributed by atoms with E-state index < -0.39 is 158 Å². The molecule has 2 aromatic carbocycles. The summed E-state index contributed by atoms with van der Waals surface area (Å²) in [5, 5.41) is 43.7. The van der Waals surface area contributed by atoms with Crippen LogP contribution >= 0.6 is 0 Å². The van der Waals surface area contributed by atoms with Crippen LogP contribution in [0.15, 0.2) is 60.8 Å². The highest BCUT2D eigenvalue weighted by atomic mass is 16.4. The number of aromatic nitrogens is 1. The zero-order valence-electron chi connectivity index (χ0n) is 38.8. The molecule has 0 radical (unpaired) electrons. The maximum atomic E-state index is 14.3. The van der Waals surface area contributed by atoms with E-state index in [0.717, 1.165) is 6.92 Å². The molecule has 0 aliphatic heterocycles. The number of amides is 8. The number of carboxylic acids is 3. The average molecular weight is 993 g/mol. The molecule has 3 rings (SSSR count). The number of nitrogens with two attached hydrogens (primary N) is 3. The fourth-order valence-corrected chi connectivity index (χ4v) is 7.13. The van der Waals surface area contributed by atoms with Crippen molar-refractivity contribution in [1.82, 2.24) is 36.9 Å². The van der Waals surface area contributed by atoms with Gasteiger partial charge >= 0.3 is 17.9 Å². The Kier molecular flexibility index (Phi) is 22.8. The molecule has 0 saturated heterocycles. The Bertz CT molecular complexity index is 2430. The molecule has 7 atom stereocenters. The van der Waals surface area contributed by atoms with E-state index in [2.05, 4.69) is 36.9 Å². The van der Waals surface area contributed by atoms with Gasteiger partial charge in [-0.2, -0.15) is 0 Å². The molecule has 8 amide bonds. The summed E-state index contributed by atoms with van der Waals surface area (Å²) in [6.45, 7) is 1.14. The fraction of sp³-hybridized carbons (Fsp3) is 0.435. The van der Waals surface area contributed by atoms with Gasteiger partial charge < -0.3 is 69.4 Å². The summed E-state index contributed by atoms with van der Waals surface area (Å²) < 4.78 is 0. The van der Waals surface area contributed by atoms with Crippen LogP contribution in [0.2, 0.25) is 0 Å². The van der Waals surface area contributed by atoms with Crippen molar-refractivity contribution >= 4 is 81.9 Å². The van der Waals surface area contributed by atoms with E-state index >= 15 is 0 Å². The molecule has 25 nitrogen and oxygen atoms in total. The third-order valence-corrected chi connectivity index (χ3v) is 11.0. The number of aromatic amines is 1. The van der Waals surface area contributed by atoms with E-state index in [0.29, 0.717) is 22.0 Å². The summed E-state index contributed by atoms with van der Waals surface area (Å²) in [5.41, 5.74) is 17.9. The van der Waals surface area contributed by atoms with Gasteiger partial charge in [-0.05, 0) is 56.2 Å². The van der Waals surface area contributed by atoms with Crippen molar-refractivity contribution in [1.29, 1.82) is 0 Å². The molecular formula is C46H60N10O15. The smallest absolute Gasteiger partial charge is 0.303 e. The lowest BCUT2D eigenvalue weighted by Gasteiger charge is -2.27. The lowest BCUT2D eigenvalue weighted by Crippen LogP contribution is -2.60. The Hall–Kier alpha value is -8.22. The number of carbonyl (C=O) groups excluding carboxylic acids is 9. The van der Waals surface area contributed by atoms with Gasteiger partial charge in [0.25, 0.3) is 0 Å². The number of H-pyrrole nitrogens is 1. The minimum atomic E-state index is -1.73. The highest BCUT2D eigenvalue weighted by Gasteiger charge is 2.35. The minimum absolute atomic E-state index is 0.211. The Morgan fingerprint density at radius 1 is 0.479 bits per heavy atom. The summed E-state index contributed by atoms with van der Waals surface area (Å²) in [6, 6.07) is 4.28. The first-order valence-corrected chi connectivity index (χ1v) is 22.4. The molecule has 0 fully saturated rings. The first-order valence-electron chi connectivity index (χ1n) is 22.4. The van der Waals surface area contributed by atoms with Crippen molar-refractivity contribution in [2.24, 2.45) is 17.2 Å². The number of hydrogen-bond acceptors (Lipinski definition) is 13. The molecule has 0 bridgehead atoms. The number of hydrogen-bond donors (Lipinski definition) is 13. The Labute approximate surface area is 406 Å². The van der Waals surface area contributed by atoms with Gasteiger partial charge in [0.2, 0.25) is 47.3 Å². The summed E-state index contributed by atoms with van der Waals surface area (Å²) in [4.78, 5) is 157. The van der Waals surface area contributed by atoms with Crippen molar-refractivity contribution in [3.8, 4) is 0 Å². The maximum Gasteiger partial charge on any atom is 0.303 e. The van der Waals surface area contributed by atoms with Crippen molar-refractivity contribution < 1.29 is 72.9 Å². The second kappa shape index (κ2) is 28.3. The van der Waals surface area contributed by atoms with Gasteiger partial charge in [0, 0.05) is 62.0 Å². The minimum Gasteiger partial charge on any atom is -0.481 e. The van der Waals surface area contributed by atoms with E-state index in [1.165, 1.54) is 0 Å². The normalized spacial score (nSPS) is 13.9. The second-order valence-electron chi connectivity index (χ2n) is 16.6. The van der Waals surface area contributed by atoms with Crippen LogP contribution in [-0.2, 0) is 70.4 Å². The number of ketones is 1. The van der Waals surface area contributed by atoms with Gasteiger partial charge in [0.15, 0.2) is 5.78 Å². The van der Waals surface area contributed by atoms with E-state index in [-0.39, 0.29) is 32.1 Å². The number of carboxylic acid groups (broad SMARTS) is 3. The second-order valence-corrected chi connectivity index (χ2v) is 16.6. The van der Waals surface area contributed by atoms with Crippen molar-refractivity contribution in [2.45, 2.75) is 126 Å². The topological polar surface area (TPSA) is 432 Å². The monoisotopic (exact) mass is 992 g/mol. The number of benzene rings is 2. The summed E-state index contributed by atoms with van der Waals surface area (Å²) in [7, 11) is 0. The molecule has 25 heteroatoms. The first kappa shape index (κ1) is 57.1. The summed E-state index contributed by atoms with van der Waals surface area (Å²) in [6.07, 6.45) is -3.57. The molecule has 0 unspecified atom stereocenters. The zero-order valence-corrected chi connectivity index (χ0v) is 38.8. The average Bonchev–Trinajstić information content (AvgIpc) is 3.72. The highest BCUT2D eigenvalue weighted by molar-refractivity contribution is 5.98. The molecule has 0 saturated carbocycles. The highest BCUT2D eigenvalue weighted by Crippen LogP contribution is 2.20. The number of nitrogens with one attached hydrogen (secondary N) is 7. The Balaban J connectivity index is 1.98. The van der Waals surface area contributed by atoms with E-state index in [1.54, 1.807) is 60.8 Å².